The molecule has 0 radical (unpaired) electrons. The van der Waals surface area contributed by atoms with Crippen molar-refractivity contribution in [3.8, 4) is 0 Å². The molecular formula is C22H28N6OS. The lowest BCUT2D eigenvalue weighted by atomic mass is 9.98. The second-order valence-electron chi connectivity index (χ2n) is 8.07. The van der Waals surface area contributed by atoms with Crippen LogP contribution >= 0.6 is 11.3 Å². The van der Waals surface area contributed by atoms with Gasteiger partial charge in [-0.1, -0.05) is 18.3 Å². The summed E-state index contributed by atoms with van der Waals surface area (Å²) in [5.41, 5.74) is 3.95. The van der Waals surface area contributed by atoms with Crippen LogP contribution in [-0.2, 0) is 13.0 Å². The topological polar surface area (TPSA) is 75.9 Å². The molecule has 1 saturated heterocycles. The van der Waals surface area contributed by atoms with Gasteiger partial charge in [0.1, 0.15) is 5.01 Å². The minimum Gasteiger partial charge on any atom is -0.372 e. The van der Waals surface area contributed by atoms with Crippen molar-refractivity contribution in [2.75, 3.05) is 23.3 Å². The number of carbonyl (C=O) groups excluding carboxylic acids is 1. The molecule has 1 N–H and O–H groups in total. The second kappa shape index (κ2) is 8.95. The molecule has 1 fully saturated rings. The largest absolute Gasteiger partial charge is 0.372 e. The van der Waals surface area contributed by atoms with E-state index in [1.807, 2.05) is 42.8 Å². The van der Waals surface area contributed by atoms with Crippen LogP contribution in [0.15, 0.2) is 30.3 Å². The zero-order valence-electron chi connectivity index (χ0n) is 17.8. The molecule has 7 nitrogen and oxygen atoms in total. The van der Waals surface area contributed by atoms with Crippen LogP contribution in [0.5, 0.6) is 0 Å². The van der Waals surface area contributed by atoms with E-state index in [1.54, 1.807) is 0 Å². The fraction of sp³-hybridized carbons (Fsp3) is 0.455. The molecule has 0 spiro atoms. The van der Waals surface area contributed by atoms with Crippen LogP contribution in [-0.4, -0.2) is 39.0 Å². The number of anilines is 2. The normalized spacial score (nSPS) is 14.8. The maximum atomic E-state index is 12.6. The number of hydrogen-bond donors (Lipinski definition) is 1. The summed E-state index contributed by atoms with van der Waals surface area (Å²) in [5.74, 6) is 0.644. The van der Waals surface area contributed by atoms with E-state index in [0.717, 1.165) is 48.4 Å². The third-order valence-corrected chi connectivity index (χ3v) is 6.50. The van der Waals surface area contributed by atoms with Gasteiger partial charge in [-0.05, 0) is 62.9 Å². The van der Waals surface area contributed by atoms with Crippen molar-refractivity contribution in [2.45, 2.75) is 46.6 Å². The Bertz CT molecular complexity index is 1000. The molecule has 3 aromatic rings. The first-order chi connectivity index (χ1) is 14.5. The van der Waals surface area contributed by atoms with E-state index in [0.29, 0.717) is 10.7 Å². The highest BCUT2D eigenvalue weighted by Crippen LogP contribution is 2.24. The van der Waals surface area contributed by atoms with E-state index in [2.05, 4.69) is 38.5 Å². The molecule has 4 rings (SSSR count). The van der Waals surface area contributed by atoms with Crippen molar-refractivity contribution in [2.24, 2.45) is 5.92 Å². The first-order valence-electron chi connectivity index (χ1n) is 10.5. The first kappa shape index (κ1) is 20.5. The van der Waals surface area contributed by atoms with Crippen molar-refractivity contribution >= 4 is 28.1 Å². The van der Waals surface area contributed by atoms with E-state index in [4.69, 9.17) is 0 Å². The molecule has 1 aliphatic heterocycles. The van der Waals surface area contributed by atoms with E-state index in [1.165, 1.54) is 29.9 Å². The smallest absolute Gasteiger partial charge is 0.257 e. The number of rotatable bonds is 6. The van der Waals surface area contributed by atoms with Crippen molar-refractivity contribution < 1.29 is 4.79 Å². The lowest BCUT2D eigenvalue weighted by Crippen LogP contribution is -2.32. The monoisotopic (exact) mass is 424 g/mol. The minimum absolute atomic E-state index is 0.157. The van der Waals surface area contributed by atoms with Crippen molar-refractivity contribution in [3.63, 3.8) is 0 Å². The van der Waals surface area contributed by atoms with Gasteiger partial charge >= 0.3 is 0 Å². The molecule has 0 saturated carbocycles. The highest BCUT2D eigenvalue weighted by Gasteiger charge is 2.17. The number of hydrogen-bond acceptors (Lipinski definition) is 6. The molecule has 1 aromatic carbocycles. The number of benzene rings is 1. The number of amides is 1. The Morgan fingerprint density at radius 2 is 1.90 bits per heavy atom. The zero-order chi connectivity index (χ0) is 21.1. The predicted molar refractivity (Wildman–Crippen MR) is 120 cm³/mol. The predicted octanol–water partition coefficient (Wildman–Crippen LogP) is 4.08. The third-order valence-electron chi connectivity index (χ3n) is 5.61. The number of carbonyl (C=O) groups is 1. The summed E-state index contributed by atoms with van der Waals surface area (Å²) in [6.07, 6.45) is 3.18. The van der Waals surface area contributed by atoms with Crippen LogP contribution in [0.1, 0.15) is 46.5 Å². The summed E-state index contributed by atoms with van der Waals surface area (Å²) >= 11 is 1.41. The van der Waals surface area contributed by atoms with Gasteiger partial charge in [0, 0.05) is 43.0 Å². The van der Waals surface area contributed by atoms with E-state index in [9.17, 15) is 4.79 Å². The Labute approximate surface area is 181 Å². The molecule has 1 amide bonds. The Hall–Kier alpha value is -2.74. The Balaban J connectivity index is 1.32. The molecule has 1 aliphatic rings. The number of piperidine rings is 1. The number of nitrogens with zero attached hydrogens (tertiary/aromatic N) is 5. The van der Waals surface area contributed by atoms with Gasteiger partial charge in [-0.15, -0.1) is 10.2 Å². The summed E-state index contributed by atoms with van der Waals surface area (Å²) in [6, 6.07) is 9.89. The Kier molecular flexibility index (Phi) is 6.13. The number of aryl methyl sites for hydroxylation is 4. The zero-order valence-corrected chi connectivity index (χ0v) is 18.6. The van der Waals surface area contributed by atoms with Gasteiger partial charge < -0.3 is 4.90 Å². The quantitative estimate of drug-likeness (QED) is 0.645. The molecule has 30 heavy (non-hydrogen) atoms. The molecule has 0 atom stereocenters. The van der Waals surface area contributed by atoms with Gasteiger partial charge in [0.25, 0.3) is 5.91 Å². The summed E-state index contributed by atoms with van der Waals surface area (Å²) in [6.45, 7) is 9.25. The molecule has 2 aromatic heterocycles. The summed E-state index contributed by atoms with van der Waals surface area (Å²) < 4.78 is 1.97. The number of nitrogens with one attached hydrogen (secondary N) is 1. The second-order valence-corrected chi connectivity index (χ2v) is 9.13. The maximum absolute atomic E-state index is 12.6. The highest BCUT2D eigenvalue weighted by molar-refractivity contribution is 7.15. The van der Waals surface area contributed by atoms with Crippen LogP contribution in [0.25, 0.3) is 0 Å². The fourth-order valence-corrected chi connectivity index (χ4v) is 4.49. The van der Waals surface area contributed by atoms with Crippen molar-refractivity contribution in [3.05, 3.63) is 52.3 Å². The van der Waals surface area contributed by atoms with E-state index >= 15 is 0 Å². The van der Waals surface area contributed by atoms with Crippen molar-refractivity contribution in [1.82, 2.24) is 20.0 Å². The fourth-order valence-electron chi connectivity index (χ4n) is 3.77. The van der Waals surface area contributed by atoms with Gasteiger partial charge in [0.2, 0.25) is 5.13 Å². The van der Waals surface area contributed by atoms with Crippen LogP contribution in [0.2, 0.25) is 0 Å². The van der Waals surface area contributed by atoms with Crippen LogP contribution in [0.4, 0.5) is 10.8 Å². The van der Waals surface area contributed by atoms with Gasteiger partial charge in [-0.3, -0.25) is 14.8 Å². The molecule has 158 valence electrons. The lowest BCUT2D eigenvalue weighted by Gasteiger charge is -2.32. The highest BCUT2D eigenvalue weighted by atomic mass is 32.1. The van der Waals surface area contributed by atoms with Crippen LogP contribution in [0.3, 0.4) is 0 Å². The Morgan fingerprint density at radius 1 is 1.17 bits per heavy atom. The standard InChI is InChI=1S/C22H28N6OS/c1-15-8-11-27(12-9-15)19-6-4-18(5-7-19)21(29)23-22-25-24-20(30-22)10-13-28-17(3)14-16(2)26-28/h4-7,14-15H,8-13H2,1-3H3,(H,23,25,29). The molecule has 8 heteroatoms. The molecule has 0 aliphatic carbocycles. The molecule has 0 bridgehead atoms. The lowest BCUT2D eigenvalue weighted by molar-refractivity contribution is 0.102. The van der Waals surface area contributed by atoms with Crippen LogP contribution in [0, 0.1) is 19.8 Å². The molecule has 3 heterocycles. The third kappa shape index (κ3) is 4.87. The summed E-state index contributed by atoms with van der Waals surface area (Å²) in [4.78, 5) is 15.0. The van der Waals surface area contributed by atoms with E-state index in [-0.39, 0.29) is 5.91 Å². The molecular weight excluding hydrogens is 396 g/mol. The first-order valence-corrected chi connectivity index (χ1v) is 11.3. The number of aromatic nitrogens is 4. The average molecular weight is 425 g/mol. The average Bonchev–Trinajstić information content (AvgIpc) is 3.32. The summed E-state index contributed by atoms with van der Waals surface area (Å²) in [5, 5.41) is 17.1. The van der Waals surface area contributed by atoms with Gasteiger partial charge in [-0.2, -0.15) is 5.10 Å². The molecule has 0 unspecified atom stereocenters. The van der Waals surface area contributed by atoms with Gasteiger partial charge in [0.05, 0.1) is 5.69 Å². The van der Waals surface area contributed by atoms with Crippen molar-refractivity contribution in [1.29, 1.82) is 0 Å². The Morgan fingerprint density at radius 3 is 2.57 bits per heavy atom. The summed E-state index contributed by atoms with van der Waals surface area (Å²) in [7, 11) is 0. The van der Waals surface area contributed by atoms with Crippen LogP contribution < -0.4 is 10.2 Å². The van der Waals surface area contributed by atoms with E-state index < -0.39 is 0 Å². The SMILES string of the molecule is Cc1cc(C)n(CCc2nnc(NC(=O)c3ccc(N4CCC(C)CC4)cc3)s2)n1. The van der Waals surface area contributed by atoms with Gasteiger partial charge in [0.15, 0.2) is 0 Å². The van der Waals surface area contributed by atoms with Gasteiger partial charge in [-0.25, -0.2) is 0 Å². The maximum Gasteiger partial charge on any atom is 0.257 e. The minimum atomic E-state index is -0.157.